The zero-order valence-electron chi connectivity index (χ0n) is 9.20. The van der Waals surface area contributed by atoms with Crippen molar-refractivity contribution in [1.29, 1.82) is 0 Å². The molecule has 1 saturated heterocycles. The fourth-order valence-corrected chi connectivity index (χ4v) is 2.79. The molecule has 3 nitrogen and oxygen atoms in total. The van der Waals surface area contributed by atoms with E-state index in [-0.39, 0.29) is 0 Å². The summed E-state index contributed by atoms with van der Waals surface area (Å²) in [6.45, 7) is 4.14. The largest absolute Gasteiger partial charge is 0.323 e. The van der Waals surface area contributed by atoms with Crippen LogP contribution in [0.3, 0.4) is 0 Å². The average Bonchev–Trinajstić information content (AvgIpc) is 2.84. The van der Waals surface area contributed by atoms with Gasteiger partial charge in [-0.3, -0.25) is 0 Å². The molecule has 1 aromatic heterocycles. The molecule has 0 saturated carbocycles. The monoisotopic (exact) mass is 235 g/mol. The van der Waals surface area contributed by atoms with Crippen LogP contribution in [0.15, 0.2) is 18.2 Å². The van der Waals surface area contributed by atoms with E-state index in [0.717, 1.165) is 41.4 Å². The summed E-state index contributed by atoms with van der Waals surface area (Å²) in [5.41, 5.74) is 2.08. The van der Waals surface area contributed by atoms with Gasteiger partial charge in [0.15, 0.2) is 0 Å². The molecule has 0 radical (unpaired) electrons. The summed E-state index contributed by atoms with van der Waals surface area (Å²) in [7, 11) is 0. The first kappa shape index (κ1) is 10.1. The first-order valence-electron chi connectivity index (χ1n) is 5.61. The molecule has 1 aromatic carbocycles. The van der Waals surface area contributed by atoms with Gasteiger partial charge in [0.05, 0.1) is 16.1 Å². The van der Waals surface area contributed by atoms with Crippen molar-refractivity contribution in [3.8, 4) is 0 Å². The van der Waals surface area contributed by atoms with Crippen molar-refractivity contribution in [2.45, 2.75) is 19.4 Å². The summed E-state index contributed by atoms with van der Waals surface area (Å²) in [5.74, 6) is 1.05. The summed E-state index contributed by atoms with van der Waals surface area (Å²) in [6.07, 6.45) is 1.15. The van der Waals surface area contributed by atoms with E-state index in [2.05, 4.69) is 21.8 Å². The van der Waals surface area contributed by atoms with Crippen LogP contribution in [-0.2, 0) is 0 Å². The van der Waals surface area contributed by atoms with Gasteiger partial charge in [0, 0.05) is 12.6 Å². The van der Waals surface area contributed by atoms with Crippen LogP contribution in [0, 0.1) is 6.92 Å². The lowest BCUT2D eigenvalue weighted by Gasteiger charge is -2.14. The molecule has 0 bridgehead atoms. The Kier molecular flexibility index (Phi) is 2.37. The third-order valence-electron chi connectivity index (χ3n) is 3.24. The highest BCUT2D eigenvalue weighted by atomic mass is 35.5. The van der Waals surface area contributed by atoms with Crippen molar-refractivity contribution >= 4 is 22.6 Å². The Morgan fingerprint density at radius 2 is 2.38 bits per heavy atom. The normalized spacial score (nSPS) is 20.8. The van der Waals surface area contributed by atoms with Crippen LogP contribution in [0.4, 0.5) is 0 Å². The number of nitrogens with zero attached hydrogens (tertiary/aromatic N) is 2. The van der Waals surface area contributed by atoms with Gasteiger partial charge in [-0.2, -0.15) is 0 Å². The lowest BCUT2D eigenvalue weighted by Crippen LogP contribution is -2.14. The van der Waals surface area contributed by atoms with E-state index < -0.39 is 0 Å². The topological polar surface area (TPSA) is 29.9 Å². The molecule has 16 heavy (non-hydrogen) atoms. The molecule has 1 aliphatic rings. The number of nitrogens with one attached hydrogen (secondary N) is 1. The molecule has 0 unspecified atom stereocenters. The number of rotatable bonds is 1. The zero-order valence-corrected chi connectivity index (χ0v) is 9.96. The van der Waals surface area contributed by atoms with Crippen LogP contribution in [0.2, 0.25) is 5.02 Å². The molecule has 1 N–H and O–H groups in total. The summed E-state index contributed by atoms with van der Waals surface area (Å²) in [5, 5.41) is 4.18. The number of para-hydroxylation sites is 1. The van der Waals surface area contributed by atoms with Crippen molar-refractivity contribution in [2.24, 2.45) is 0 Å². The molecule has 1 aliphatic heterocycles. The third-order valence-corrected chi connectivity index (χ3v) is 3.54. The first-order valence-corrected chi connectivity index (χ1v) is 5.99. The SMILES string of the molecule is Cc1nc2cccc(Cl)c2n1[C@H]1CCNC1. The smallest absolute Gasteiger partial charge is 0.107 e. The maximum atomic E-state index is 6.27. The Bertz CT molecular complexity index is 526. The van der Waals surface area contributed by atoms with Crippen LogP contribution >= 0.6 is 11.6 Å². The van der Waals surface area contributed by atoms with Crippen molar-refractivity contribution in [2.75, 3.05) is 13.1 Å². The van der Waals surface area contributed by atoms with E-state index in [1.54, 1.807) is 0 Å². The van der Waals surface area contributed by atoms with Crippen LogP contribution in [0.5, 0.6) is 0 Å². The Hall–Kier alpha value is -1.06. The molecule has 1 atom stereocenters. The number of aromatic nitrogens is 2. The Morgan fingerprint density at radius 1 is 1.50 bits per heavy atom. The minimum absolute atomic E-state index is 0.491. The van der Waals surface area contributed by atoms with E-state index in [0.29, 0.717) is 6.04 Å². The van der Waals surface area contributed by atoms with E-state index in [9.17, 15) is 0 Å². The molecule has 2 aromatic rings. The summed E-state index contributed by atoms with van der Waals surface area (Å²) < 4.78 is 2.28. The quantitative estimate of drug-likeness (QED) is 0.823. The number of fused-ring (bicyclic) bond motifs is 1. The fraction of sp³-hybridized carbons (Fsp3) is 0.417. The van der Waals surface area contributed by atoms with Crippen LogP contribution in [0.1, 0.15) is 18.3 Å². The second-order valence-electron chi connectivity index (χ2n) is 4.28. The summed E-state index contributed by atoms with van der Waals surface area (Å²) in [6, 6.07) is 6.40. The van der Waals surface area contributed by atoms with Crippen LogP contribution < -0.4 is 5.32 Å². The first-order chi connectivity index (χ1) is 7.77. The zero-order chi connectivity index (χ0) is 11.1. The molecule has 4 heteroatoms. The van der Waals surface area contributed by atoms with Gasteiger partial charge in [-0.05, 0) is 32.0 Å². The Morgan fingerprint density at radius 3 is 3.12 bits per heavy atom. The Balaban J connectivity index is 2.25. The van der Waals surface area contributed by atoms with Crippen molar-refractivity contribution in [3.05, 3.63) is 29.0 Å². The predicted molar refractivity (Wildman–Crippen MR) is 66.0 cm³/mol. The van der Waals surface area contributed by atoms with Crippen molar-refractivity contribution < 1.29 is 0 Å². The second-order valence-corrected chi connectivity index (χ2v) is 4.69. The minimum atomic E-state index is 0.491. The number of benzene rings is 1. The highest BCUT2D eigenvalue weighted by Gasteiger charge is 2.21. The maximum absolute atomic E-state index is 6.27. The molecule has 2 heterocycles. The van der Waals surface area contributed by atoms with E-state index in [4.69, 9.17) is 11.6 Å². The molecular weight excluding hydrogens is 222 g/mol. The van der Waals surface area contributed by atoms with Gasteiger partial charge in [0.2, 0.25) is 0 Å². The molecule has 0 amide bonds. The van der Waals surface area contributed by atoms with E-state index in [1.807, 2.05) is 18.2 Å². The number of hydrogen-bond donors (Lipinski definition) is 1. The highest BCUT2D eigenvalue weighted by Crippen LogP contribution is 2.29. The van der Waals surface area contributed by atoms with Crippen LogP contribution in [-0.4, -0.2) is 22.6 Å². The molecule has 0 spiro atoms. The average molecular weight is 236 g/mol. The number of imidazole rings is 1. The van der Waals surface area contributed by atoms with Gasteiger partial charge in [-0.25, -0.2) is 4.98 Å². The molecule has 3 rings (SSSR count). The van der Waals surface area contributed by atoms with Crippen molar-refractivity contribution in [3.63, 3.8) is 0 Å². The van der Waals surface area contributed by atoms with Gasteiger partial charge in [-0.15, -0.1) is 0 Å². The molecule has 0 aliphatic carbocycles. The predicted octanol–water partition coefficient (Wildman–Crippen LogP) is 2.53. The fourth-order valence-electron chi connectivity index (χ4n) is 2.53. The minimum Gasteiger partial charge on any atom is -0.323 e. The van der Waals surface area contributed by atoms with E-state index in [1.165, 1.54) is 0 Å². The lowest BCUT2D eigenvalue weighted by molar-refractivity contribution is 0.548. The maximum Gasteiger partial charge on any atom is 0.107 e. The number of hydrogen-bond acceptors (Lipinski definition) is 2. The van der Waals surface area contributed by atoms with E-state index >= 15 is 0 Å². The molecular formula is C12H14ClN3. The van der Waals surface area contributed by atoms with Gasteiger partial charge in [-0.1, -0.05) is 17.7 Å². The summed E-state index contributed by atoms with van der Waals surface area (Å²) in [4.78, 5) is 4.57. The van der Waals surface area contributed by atoms with Gasteiger partial charge < -0.3 is 9.88 Å². The standard InChI is InChI=1S/C12H14ClN3/c1-8-15-11-4-2-3-10(13)12(11)16(8)9-5-6-14-7-9/h2-4,9,14H,5-7H2,1H3/t9-/m0/s1. The van der Waals surface area contributed by atoms with Crippen molar-refractivity contribution in [1.82, 2.24) is 14.9 Å². The van der Waals surface area contributed by atoms with Gasteiger partial charge >= 0.3 is 0 Å². The van der Waals surface area contributed by atoms with Gasteiger partial charge in [0.1, 0.15) is 5.82 Å². The molecule has 1 fully saturated rings. The Labute approximate surface area is 99.4 Å². The highest BCUT2D eigenvalue weighted by molar-refractivity contribution is 6.35. The van der Waals surface area contributed by atoms with Gasteiger partial charge in [0.25, 0.3) is 0 Å². The third kappa shape index (κ3) is 1.43. The second kappa shape index (κ2) is 3.75. The van der Waals surface area contributed by atoms with Crippen LogP contribution in [0.25, 0.3) is 11.0 Å². The summed E-state index contributed by atoms with van der Waals surface area (Å²) >= 11 is 6.27. The number of aryl methyl sites for hydroxylation is 1. The lowest BCUT2D eigenvalue weighted by atomic mass is 10.2. The molecule has 84 valence electrons. The number of halogens is 1.